The van der Waals surface area contributed by atoms with Crippen LogP contribution in [0, 0.1) is 12.7 Å². The fourth-order valence-electron chi connectivity index (χ4n) is 3.99. The molecule has 8 heteroatoms. The molecule has 2 amide bonds. The molecule has 2 aliphatic heterocycles. The van der Waals surface area contributed by atoms with Gasteiger partial charge >= 0.3 is 0 Å². The van der Waals surface area contributed by atoms with Gasteiger partial charge in [0.2, 0.25) is 0 Å². The standard InChI is InChI=1S/C20H23FN4O3/c1-14-17(10-22-23(14)2)19(27)24-8-4-7-20(12-24)13-25(18(26)11-28-20)16-6-3-5-15(21)9-16/h3,5-6,9-10H,4,7-8,11-13H2,1-2H3. The number of ether oxygens (including phenoxy) is 1. The van der Waals surface area contributed by atoms with Crippen molar-refractivity contribution in [1.82, 2.24) is 14.7 Å². The van der Waals surface area contributed by atoms with E-state index in [1.165, 1.54) is 12.1 Å². The maximum atomic E-state index is 13.6. The molecule has 0 radical (unpaired) electrons. The van der Waals surface area contributed by atoms with Gasteiger partial charge in [-0.1, -0.05) is 6.07 Å². The minimum atomic E-state index is -0.649. The predicted molar refractivity (Wildman–Crippen MR) is 101 cm³/mol. The molecule has 0 bridgehead atoms. The zero-order valence-electron chi connectivity index (χ0n) is 16.0. The SMILES string of the molecule is Cc1c(C(=O)N2CCCC3(C2)CN(c2cccc(F)c2)C(=O)CO3)cnn1C. The molecule has 2 fully saturated rings. The third kappa shape index (κ3) is 3.28. The van der Waals surface area contributed by atoms with E-state index in [4.69, 9.17) is 4.74 Å². The molecule has 28 heavy (non-hydrogen) atoms. The van der Waals surface area contributed by atoms with E-state index in [2.05, 4.69) is 5.10 Å². The lowest BCUT2D eigenvalue weighted by molar-refractivity contribution is -0.144. The predicted octanol–water partition coefficient (Wildman–Crippen LogP) is 1.91. The lowest BCUT2D eigenvalue weighted by Crippen LogP contribution is -2.62. The highest BCUT2D eigenvalue weighted by atomic mass is 19.1. The van der Waals surface area contributed by atoms with E-state index >= 15 is 0 Å². The van der Waals surface area contributed by atoms with Crippen LogP contribution in [0.15, 0.2) is 30.5 Å². The highest BCUT2D eigenvalue weighted by Crippen LogP contribution is 2.32. The smallest absolute Gasteiger partial charge is 0.257 e. The third-order valence-corrected chi connectivity index (χ3v) is 5.66. The topological polar surface area (TPSA) is 67.7 Å². The van der Waals surface area contributed by atoms with Crippen LogP contribution in [0.3, 0.4) is 0 Å². The largest absolute Gasteiger partial charge is 0.361 e. The quantitative estimate of drug-likeness (QED) is 0.791. The fraction of sp³-hybridized carbons (Fsp3) is 0.450. The molecule has 1 aromatic heterocycles. The number of hydrogen-bond donors (Lipinski definition) is 0. The van der Waals surface area contributed by atoms with Gasteiger partial charge in [0.1, 0.15) is 18.0 Å². The molecular weight excluding hydrogens is 363 g/mol. The van der Waals surface area contributed by atoms with E-state index in [0.717, 1.165) is 18.5 Å². The van der Waals surface area contributed by atoms with Gasteiger partial charge in [0, 0.05) is 25.0 Å². The molecule has 3 heterocycles. The normalized spacial score (nSPS) is 22.8. The van der Waals surface area contributed by atoms with Gasteiger partial charge in [-0.3, -0.25) is 14.3 Å². The average Bonchev–Trinajstić information content (AvgIpc) is 3.02. The number of hydrogen-bond acceptors (Lipinski definition) is 4. The molecule has 1 spiro atoms. The Balaban J connectivity index is 1.56. The van der Waals surface area contributed by atoms with E-state index in [-0.39, 0.29) is 18.4 Å². The minimum Gasteiger partial charge on any atom is -0.361 e. The Bertz CT molecular complexity index is 928. The Morgan fingerprint density at radius 1 is 1.32 bits per heavy atom. The second kappa shape index (κ2) is 7.01. The van der Waals surface area contributed by atoms with E-state index in [0.29, 0.717) is 30.9 Å². The van der Waals surface area contributed by atoms with E-state index < -0.39 is 11.4 Å². The maximum Gasteiger partial charge on any atom is 0.257 e. The summed E-state index contributed by atoms with van der Waals surface area (Å²) in [6, 6.07) is 6.00. The van der Waals surface area contributed by atoms with Crippen molar-refractivity contribution in [1.29, 1.82) is 0 Å². The molecule has 148 valence electrons. The number of likely N-dealkylation sites (tertiary alicyclic amines) is 1. The second-order valence-corrected chi connectivity index (χ2v) is 7.53. The monoisotopic (exact) mass is 386 g/mol. The molecule has 0 N–H and O–H groups in total. The van der Waals surface area contributed by atoms with Crippen LogP contribution in [0.2, 0.25) is 0 Å². The minimum absolute atomic E-state index is 0.0789. The van der Waals surface area contributed by atoms with Gasteiger partial charge in [-0.15, -0.1) is 0 Å². The number of rotatable bonds is 2. The highest BCUT2D eigenvalue weighted by Gasteiger charge is 2.44. The molecule has 0 aliphatic carbocycles. The summed E-state index contributed by atoms with van der Waals surface area (Å²) in [5, 5.41) is 4.16. The Kier molecular flexibility index (Phi) is 4.66. The average molecular weight is 386 g/mol. The van der Waals surface area contributed by atoms with Crippen molar-refractivity contribution in [3.63, 3.8) is 0 Å². The number of benzene rings is 1. The first-order valence-corrected chi connectivity index (χ1v) is 9.36. The van der Waals surface area contributed by atoms with Gasteiger partial charge in [-0.2, -0.15) is 5.10 Å². The summed E-state index contributed by atoms with van der Waals surface area (Å²) in [7, 11) is 1.80. The van der Waals surface area contributed by atoms with E-state index in [9.17, 15) is 14.0 Å². The summed E-state index contributed by atoms with van der Waals surface area (Å²) in [5.41, 5.74) is 1.25. The molecule has 2 aromatic rings. The molecule has 0 saturated carbocycles. The van der Waals surface area contributed by atoms with Gasteiger partial charge < -0.3 is 14.5 Å². The fourth-order valence-corrected chi connectivity index (χ4v) is 3.99. The Morgan fingerprint density at radius 3 is 2.86 bits per heavy atom. The first-order valence-electron chi connectivity index (χ1n) is 9.36. The van der Waals surface area contributed by atoms with Gasteiger partial charge in [0.25, 0.3) is 11.8 Å². The van der Waals surface area contributed by atoms with E-state index in [1.54, 1.807) is 39.9 Å². The van der Waals surface area contributed by atoms with Crippen molar-refractivity contribution in [2.75, 3.05) is 31.1 Å². The van der Waals surface area contributed by atoms with Crippen LogP contribution in [0.1, 0.15) is 28.9 Å². The van der Waals surface area contributed by atoms with Crippen molar-refractivity contribution in [3.8, 4) is 0 Å². The van der Waals surface area contributed by atoms with Crippen molar-refractivity contribution >= 4 is 17.5 Å². The second-order valence-electron chi connectivity index (χ2n) is 7.53. The van der Waals surface area contributed by atoms with Crippen LogP contribution in [0.25, 0.3) is 0 Å². The zero-order chi connectivity index (χ0) is 19.9. The zero-order valence-corrected chi connectivity index (χ0v) is 16.0. The molecule has 1 unspecified atom stereocenters. The molecular formula is C20H23FN4O3. The molecule has 2 aliphatic rings. The maximum absolute atomic E-state index is 13.6. The number of piperidine rings is 1. The summed E-state index contributed by atoms with van der Waals surface area (Å²) in [4.78, 5) is 28.7. The number of carbonyl (C=O) groups is 2. The van der Waals surface area contributed by atoms with Gasteiger partial charge in [-0.05, 0) is 38.0 Å². The number of aromatic nitrogens is 2. The number of anilines is 1. The van der Waals surface area contributed by atoms with Crippen LogP contribution >= 0.6 is 0 Å². The summed E-state index contributed by atoms with van der Waals surface area (Å²) >= 11 is 0. The molecule has 7 nitrogen and oxygen atoms in total. The first-order chi connectivity index (χ1) is 13.4. The third-order valence-electron chi connectivity index (χ3n) is 5.66. The molecule has 1 aromatic carbocycles. The Labute approximate surface area is 162 Å². The highest BCUT2D eigenvalue weighted by molar-refractivity contribution is 5.96. The summed E-state index contributed by atoms with van der Waals surface area (Å²) in [5.74, 6) is -0.677. The van der Waals surface area contributed by atoms with Gasteiger partial charge in [0.15, 0.2) is 0 Å². The Morgan fingerprint density at radius 2 is 2.14 bits per heavy atom. The number of morpholine rings is 1. The number of aryl methyl sites for hydroxylation is 1. The van der Waals surface area contributed by atoms with Crippen LogP contribution in [0.5, 0.6) is 0 Å². The molecule has 2 saturated heterocycles. The van der Waals surface area contributed by atoms with Crippen molar-refractivity contribution < 1.29 is 18.7 Å². The van der Waals surface area contributed by atoms with Crippen LogP contribution in [-0.4, -0.2) is 58.3 Å². The van der Waals surface area contributed by atoms with Crippen molar-refractivity contribution in [2.45, 2.75) is 25.4 Å². The van der Waals surface area contributed by atoms with Gasteiger partial charge in [-0.25, -0.2) is 4.39 Å². The Hall–Kier alpha value is -2.74. The summed E-state index contributed by atoms with van der Waals surface area (Å²) in [6.45, 7) is 3.10. The lowest BCUT2D eigenvalue weighted by atomic mass is 9.90. The number of halogens is 1. The molecule has 1 atom stereocenters. The van der Waals surface area contributed by atoms with Crippen molar-refractivity contribution in [3.05, 3.63) is 47.5 Å². The van der Waals surface area contributed by atoms with Crippen LogP contribution in [0.4, 0.5) is 10.1 Å². The van der Waals surface area contributed by atoms with Gasteiger partial charge in [0.05, 0.1) is 24.8 Å². The van der Waals surface area contributed by atoms with E-state index in [1.807, 2.05) is 6.92 Å². The summed E-state index contributed by atoms with van der Waals surface area (Å²) < 4.78 is 21.3. The van der Waals surface area contributed by atoms with Crippen LogP contribution < -0.4 is 4.90 Å². The first kappa shape index (κ1) is 18.6. The number of nitrogens with zero attached hydrogens (tertiary/aromatic N) is 4. The lowest BCUT2D eigenvalue weighted by Gasteiger charge is -2.47. The summed E-state index contributed by atoms with van der Waals surface area (Å²) in [6.07, 6.45) is 3.10. The van der Waals surface area contributed by atoms with Crippen LogP contribution in [-0.2, 0) is 16.6 Å². The number of carbonyl (C=O) groups excluding carboxylic acids is 2. The number of amides is 2. The molecule has 4 rings (SSSR count). The van der Waals surface area contributed by atoms with Crippen molar-refractivity contribution in [2.24, 2.45) is 7.05 Å².